The fraction of sp³-hybridized carbons (Fsp3) is 0.400. The van der Waals surface area contributed by atoms with Crippen LogP contribution in [0, 0.1) is 0 Å². The highest BCUT2D eigenvalue weighted by atomic mass is 16.5. The maximum Gasteiger partial charge on any atom is 0.257 e. The average Bonchev–Trinajstić information content (AvgIpc) is 2.94. The molecule has 1 aliphatic rings. The lowest BCUT2D eigenvalue weighted by Crippen LogP contribution is -2.28. The molecule has 1 saturated heterocycles. The lowest BCUT2D eigenvalue weighted by Gasteiger charge is -2.18. The van der Waals surface area contributed by atoms with Crippen LogP contribution in [0.4, 0.5) is 0 Å². The van der Waals surface area contributed by atoms with Crippen LogP contribution in [-0.2, 0) is 11.5 Å². The van der Waals surface area contributed by atoms with Crippen LogP contribution in [0.2, 0.25) is 0 Å². The molecule has 1 radical (unpaired) electrons. The summed E-state index contributed by atoms with van der Waals surface area (Å²) in [5.41, 5.74) is 0.975. The second kappa shape index (κ2) is 5.78. The molecule has 0 atom stereocenters. The van der Waals surface area contributed by atoms with Gasteiger partial charge in [0.1, 0.15) is 5.75 Å². The van der Waals surface area contributed by atoms with Crippen LogP contribution in [0.15, 0.2) is 24.8 Å². The van der Waals surface area contributed by atoms with E-state index in [0.717, 1.165) is 25.9 Å². The number of allylic oxidation sites excluding steroid dienone is 1. The van der Waals surface area contributed by atoms with E-state index in [2.05, 4.69) is 6.58 Å². The van der Waals surface area contributed by atoms with Crippen LogP contribution in [0.3, 0.4) is 0 Å². The van der Waals surface area contributed by atoms with Crippen molar-refractivity contribution in [1.29, 1.82) is 0 Å². The van der Waals surface area contributed by atoms with Crippen molar-refractivity contribution in [3.05, 3.63) is 35.9 Å². The number of carbonyl (C=O) groups excluding carboxylic acids is 1. The Labute approximate surface area is 113 Å². The molecule has 2 rings (SSSR count). The van der Waals surface area contributed by atoms with Crippen molar-refractivity contribution >= 4 is 5.91 Å². The SMILES string of the molecule is C=CCc1c([O])ccc(C(=O)N2CCCC2)c1OC. The van der Waals surface area contributed by atoms with Gasteiger partial charge in [0.25, 0.3) is 5.91 Å². The molecule has 0 bridgehead atoms. The van der Waals surface area contributed by atoms with Crippen LogP contribution in [-0.4, -0.2) is 31.0 Å². The Morgan fingerprint density at radius 3 is 2.68 bits per heavy atom. The van der Waals surface area contributed by atoms with Gasteiger partial charge in [0, 0.05) is 18.7 Å². The number of methoxy groups -OCH3 is 1. The minimum atomic E-state index is -0.116. The Morgan fingerprint density at radius 1 is 1.42 bits per heavy atom. The predicted octanol–water partition coefficient (Wildman–Crippen LogP) is 2.80. The summed E-state index contributed by atoms with van der Waals surface area (Å²) in [6, 6.07) is 3.00. The Morgan fingerprint density at radius 2 is 2.11 bits per heavy atom. The summed E-state index contributed by atoms with van der Waals surface area (Å²) in [5, 5.41) is 11.8. The smallest absolute Gasteiger partial charge is 0.257 e. The normalized spacial score (nSPS) is 14.5. The van der Waals surface area contributed by atoms with Crippen LogP contribution in [0.1, 0.15) is 28.8 Å². The van der Waals surface area contributed by atoms with Crippen LogP contribution in [0.25, 0.3) is 0 Å². The molecule has 4 nitrogen and oxygen atoms in total. The zero-order valence-corrected chi connectivity index (χ0v) is 11.1. The molecule has 0 N–H and O–H groups in total. The summed E-state index contributed by atoms with van der Waals surface area (Å²) in [7, 11) is 1.49. The van der Waals surface area contributed by atoms with Crippen LogP contribution in [0.5, 0.6) is 11.5 Å². The zero-order chi connectivity index (χ0) is 13.8. The van der Waals surface area contributed by atoms with Crippen LogP contribution < -0.4 is 4.74 Å². The molecule has 0 saturated carbocycles. The van der Waals surface area contributed by atoms with Gasteiger partial charge in [0.2, 0.25) is 0 Å². The van der Waals surface area contributed by atoms with E-state index in [1.165, 1.54) is 13.2 Å². The number of carbonyl (C=O) groups is 1. The third kappa shape index (κ3) is 2.57. The maximum absolute atomic E-state index is 12.4. The number of ether oxygens (including phenoxy) is 1. The number of hydrogen-bond donors (Lipinski definition) is 0. The van der Waals surface area contributed by atoms with Gasteiger partial charge < -0.3 is 9.64 Å². The van der Waals surface area contributed by atoms with Gasteiger partial charge >= 0.3 is 0 Å². The van der Waals surface area contributed by atoms with Gasteiger partial charge in [-0.3, -0.25) is 9.90 Å². The fourth-order valence-corrected chi connectivity index (χ4v) is 2.44. The maximum atomic E-state index is 12.4. The largest absolute Gasteiger partial charge is 0.495 e. The quantitative estimate of drug-likeness (QED) is 0.781. The lowest BCUT2D eigenvalue weighted by atomic mass is 10.0. The molecule has 0 unspecified atom stereocenters. The molecule has 1 amide bonds. The van der Waals surface area contributed by atoms with E-state index in [4.69, 9.17) is 4.74 Å². The van der Waals surface area contributed by atoms with Gasteiger partial charge in [-0.2, -0.15) is 0 Å². The highest BCUT2D eigenvalue weighted by molar-refractivity contribution is 5.98. The standard InChI is InChI=1S/C15H18NO3/c1-3-6-11-13(17)8-7-12(14(11)19-2)15(18)16-9-4-5-10-16/h3,7-8H,1,4-6,9-10H2,2H3. The van der Waals surface area contributed by atoms with Crippen molar-refractivity contribution in [3.63, 3.8) is 0 Å². The van der Waals surface area contributed by atoms with Gasteiger partial charge in [-0.05, 0) is 31.4 Å². The first-order valence-corrected chi connectivity index (χ1v) is 6.46. The topological polar surface area (TPSA) is 49.4 Å². The minimum absolute atomic E-state index is 0.0559. The zero-order valence-electron chi connectivity index (χ0n) is 11.1. The van der Waals surface area contributed by atoms with Gasteiger partial charge in [-0.1, -0.05) is 6.08 Å². The molecule has 1 aliphatic heterocycles. The molecule has 1 aromatic carbocycles. The van der Waals surface area contributed by atoms with Crippen LogP contribution >= 0.6 is 0 Å². The molecule has 0 spiro atoms. The first kappa shape index (κ1) is 13.5. The lowest BCUT2D eigenvalue weighted by molar-refractivity contribution is 0.0789. The monoisotopic (exact) mass is 260 g/mol. The number of amides is 1. The first-order chi connectivity index (χ1) is 9.19. The fourth-order valence-electron chi connectivity index (χ4n) is 2.44. The Hall–Kier alpha value is -1.97. The molecule has 0 aliphatic carbocycles. The van der Waals surface area contributed by atoms with E-state index in [0.29, 0.717) is 23.3 Å². The molecule has 1 fully saturated rings. The minimum Gasteiger partial charge on any atom is -0.495 e. The molecule has 1 aromatic rings. The summed E-state index contributed by atoms with van der Waals surface area (Å²) in [6.07, 6.45) is 4.12. The Bertz CT molecular complexity index is 490. The number of rotatable bonds is 4. The third-order valence-electron chi connectivity index (χ3n) is 3.39. The molecule has 1 heterocycles. The van der Waals surface area contributed by atoms with E-state index in [1.807, 2.05) is 0 Å². The molecular weight excluding hydrogens is 242 g/mol. The second-order valence-electron chi connectivity index (χ2n) is 4.62. The summed E-state index contributed by atoms with van der Waals surface area (Å²) >= 11 is 0. The average molecular weight is 260 g/mol. The van der Waals surface area contributed by atoms with E-state index in [1.54, 1.807) is 17.0 Å². The van der Waals surface area contributed by atoms with Gasteiger partial charge in [-0.15, -0.1) is 6.58 Å². The summed E-state index contributed by atoms with van der Waals surface area (Å²) < 4.78 is 5.30. The molecule has 19 heavy (non-hydrogen) atoms. The number of nitrogens with zero attached hydrogens (tertiary/aromatic N) is 1. The number of hydrogen-bond acceptors (Lipinski definition) is 2. The molecule has 101 valence electrons. The Kier molecular flexibility index (Phi) is 4.10. The molecule has 0 aromatic heterocycles. The van der Waals surface area contributed by atoms with Gasteiger partial charge in [0.15, 0.2) is 5.75 Å². The van der Waals surface area contributed by atoms with Crippen molar-refractivity contribution in [3.8, 4) is 11.5 Å². The van der Waals surface area contributed by atoms with Crippen molar-refractivity contribution in [2.24, 2.45) is 0 Å². The third-order valence-corrected chi connectivity index (χ3v) is 3.39. The molecular formula is C15H18NO3. The van der Waals surface area contributed by atoms with Gasteiger partial charge in [0.05, 0.1) is 12.7 Å². The Balaban J connectivity index is 2.41. The van der Waals surface area contributed by atoms with E-state index < -0.39 is 0 Å². The van der Waals surface area contributed by atoms with Crippen molar-refractivity contribution < 1.29 is 14.6 Å². The highest BCUT2D eigenvalue weighted by Gasteiger charge is 2.25. The van der Waals surface area contributed by atoms with Gasteiger partial charge in [-0.25, -0.2) is 0 Å². The number of benzene rings is 1. The molecule has 4 heteroatoms. The highest BCUT2D eigenvalue weighted by Crippen LogP contribution is 2.33. The first-order valence-electron chi connectivity index (χ1n) is 6.46. The predicted molar refractivity (Wildman–Crippen MR) is 72.2 cm³/mol. The summed E-state index contributed by atoms with van der Waals surface area (Å²) in [4.78, 5) is 14.2. The van der Waals surface area contributed by atoms with Crippen molar-refractivity contribution in [2.45, 2.75) is 19.3 Å². The number of likely N-dealkylation sites (tertiary alicyclic amines) is 1. The summed E-state index contributed by atoms with van der Waals surface area (Å²) in [5.74, 6) is 0.221. The summed E-state index contributed by atoms with van der Waals surface area (Å²) in [6.45, 7) is 5.19. The van der Waals surface area contributed by atoms with E-state index in [-0.39, 0.29) is 11.7 Å². The van der Waals surface area contributed by atoms with E-state index >= 15 is 0 Å². The van der Waals surface area contributed by atoms with Crippen molar-refractivity contribution in [2.75, 3.05) is 20.2 Å². The van der Waals surface area contributed by atoms with Crippen molar-refractivity contribution in [1.82, 2.24) is 4.90 Å². The van der Waals surface area contributed by atoms with E-state index in [9.17, 15) is 9.90 Å². The second-order valence-corrected chi connectivity index (χ2v) is 4.62.